The Morgan fingerprint density at radius 1 is 1.37 bits per heavy atom. The molecule has 2 atom stereocenters. The first kappa shape index (κ1) is 13.4. The summed E-state index contributed by atoms with van der Waals surface area (Å²) >= 11 is 0. The monoisotopic (exact) mass is 261 g/mol. The van der Waals surface area contributed by atoms with Crippen LogP contribution in [0.3, 0.4) is 0 Å². The highest BCUT2D eigenvalue weighted by Gasteiger charge is 2.41. The van der Waals surface area contributed by atoms with E-state index in [1.165, 1.54) is 4.90 Å². The number of carbonyl (C=O) groups excluding carboxylic acids is 2. The van der Waals surface area contributed by atoms with Crippen LogP contribution in [0.2, 0.25) is 0 Å². The second kappa shape index (κ2) is 5.30. The molecular weight excluding hydrogens is 242 g/mol. The molecule has 1 aromatic rings. The normalized spacial score (nSPS) is 20.9. The zero-order valence-corrected chi connectivity index (χ0v) is 11.0. The molecule has 0 saturated heterocycles. The van der Waals surface area contributed by atoms with E-state index in [1.807, 2.05) is 25.1 Å². The van der Waals surface area contributed by atoms with Crippen LogP contribution < -0.4 is 11.5 Å². The second-order valence-electron chi connectivity index (χ2n) is 5.18. The van der Waals surface area contributed by atoms with Crippen LogP contribution >= 0.6 is 0 Å². The molecule has 102 valence electrons. The average molecular weight is 261 g/mol. The first-order valence-corrected chi connectivity index (χ1v) is 6.39. The lowest BCUT2D eigenvalue weighted by molar-refractivity contribution is -0.137. The number of nitrogens with two attached hydrogens (primary N) is 2. The molecule has 19 heavy (non-hydrogen) atoms. The van der Waals surface area contributed by atoms with E-state index >= 15 is 0 Å². The van der Waals surface area contributed by atoms with Gasteiger partial charge in [0.05, 0.1) is 6.54 Å². The van der Waals surface area contributed by atoms with Crippen LogP contribution in [0.5, 0.6) is 0 Å². The Bertz CT molecular complexity index is 501. The average Bonchev–Trinajstić information content (AvgIpc) is 3.07. The molecule has 2 unspecified atom stereocenters. The molecule has 0 aliphatic heterocycles. The number of benzene rings is 1. The van der Waals surface area contributed by atoms with Gasteiger partial charge in [-0.3, -0.25) is 9.59 Å². The van der Waals surface area contributed by atoms with Gasteiger partial charge in [0.25, 0.3) is 0 Å². The van der Waals surface area contributed by atoms with E-state index in [-0.39, 0.29) is 18.4 Å². The molecule has 0 bridgehead atoms. The van der Waals surface area contributed by atoms with Gasteiger partial charge in [0.2, 0.25) is 11.8 Å². The van der Waals surface area contributed by atoms with E-state index in [2.05, 4.69) is 0 Å². The Morgan fingerprint density at radius 2 is 2.00 bits per heavy atom. The molecule has 0 spiro atoms. The van der Waals surface area contributed by atoms with E-state index in [0.29, 0.717) is 18.2 Å². The van der Waals surface area contributed by atoms with Crippen molar-refractivity contribution in [2.75, 3.05) is 12.3 Å². The smallest absolute Gasteiger partial charge is 0.237 e. The largest absolute Gasteiger partial charge is 0.398 e. The summed E-state index contributed by atoms with van der Waals surface area (Å²) in [7, 11) is 0. The quantitative estimate of drug-likeness (QED) is 0.766. The highest BCUT2D eigenvalue weighted by Crippen LogP contribution is 2.39. The molecule has 1 aromatic carbocycles. The fourth-order valence-electron chi connectivity index (χ4n) is 2.18. The summed E-state index contributed by atoms with van der Waals surface area (Å²) < 4.78 is 0. The lowest BCUT2D eigenvalue weighted by atomic mass is 10.1. The van der Waals surface area contributed by atoms with Crippen LogP contribution in [-0.2, 0) is 16.1 Å². The van der Waals surface area contributed by atoms with Crippen LogP contribution in [0, 0.1) is 11.8 Å². The van der Waals surface area contributed by atoms with Gasteiger partial charge < -0.3 is 16.4 Å². The van der Waals surface area contributed by atoms with Crippen molar-refractivity contribution < 1.29 is 9.59 Å². The molecule has 5 heteroatoms. The van der Waals surface area contributed by atoms with Crippen LogP contribution in [0.4, 0.5) is 5.69 Å². The Hall–Kier alpha value is -2.04. The van der Waals surface area contributed by atoms with Crippen molar-refractivity contribution in [3.8, 4) is 0 Å². The first-order valence-electron chi connectivity index (χ1n) is 6.39. The van der Waals surface area contributed by atoms with Gasteiger partial charge >= 0.3 is 0 Å². The van der Waals surface area contributed by atoms with Gasteiger partial charge in [0, 0.05) is 18.2 Å². The third kappa shape index (κ3) is 3.24. The third-order valence-electron chi connectivity index (χ3n) is 3.50. The number of rotatable bonds is 5. The van der Waals surface area contributed by atoms with Gasteiger partial charge in [-0.25, -0.2) is 0 Å². The number of para-hydroxylation sites is 1. The number of amides is 2. The van der Waals surface area contributed by atoms with E-state index in [1.54, 1.807) is 6.07 Å². The second-order valence-corrected chi connectivity index (χ2v) is 5.18. The number of nitrogens with zero attached hydrogens (tertiary/aromatic N) is 1. The molecule has 2 amide bonds. The Morgan fingerprint density at radius 3 is 2.53 bits per heavy atom. The summed E-state index contributed by atoms with van der Waals surface area (Å²) in [5, 5.41) is 0. The number of anilines is 1. The Labute approximate surface area is 112 Å². The minimum absolute atomic E-state index is 0.00504. The molecule has 0 heterocycles. The van der Waals surface area contributed by atoms with Crippen molar-refractivity contribution in [3.05, 3.63) is 29.8 Å². The van der Waals surface area contributed by atoms with Crippen LogP contribution in [-0.4, -0.2) is 23.3 Å². The highest BCUT2D eigenvalue weighted by atomic mass is 16.2. The summed E-state index contributed by atoms with van der Waals surface area (Å²) in [6, 6.07) is 7.33. The number of nitrogen functional groups attached to an aromatic ring is 1. The predicted molar refractivity (Wildman–Crippen MR) is 72.7 cm³/mol. The van der Waals surface area contributed by atoms with Gasteiger partial charge in [-0.2, -0.15) is 0 Å². The van der Waals surface area contributed by atoms with E-state index < -0.39 is 5.91 Å². The van der Waals surface area contributed by atoms with Crippen molar-refractivity contribution >= 4 is 17.5 Å². The SMILES string of the molecule is CC1CC1C(=O)N(CC(N)=O)Cc1ccccc1N. The minimum atomic E-state index is -0.504. The number of hydrogen-bond acceptors (Lipinski definition) is 3. The van der Waals surface area contributed by atoms with Crippen molar-refractivity contribution in [1.29, 1.82) is 0 Å². The maximum atomic E-state index is 12.2. The van der Waals surface area contributed by atoms with Crippen molar-refractivity contribution in [3.63, 3.8) is 0 Å². The van der Waals surface area contributed by atoms with Crippen molar-refractivity contribution in [2.45, 2.75) is 19.9 Å². The van der Waals surface area contributed by atoms with Gasteiger partial charge in [-0.15, -0.1) is 0 Å². The first-order chi connectivity index (χ1) is 8.99. The molecule has 2 rings (SSSR count). The number of hydrogen-bond donors (Lipinski definition) is 2. The lowest BCUT2D eigenvalue weighted by Gasteiger charge is -2.22. The summed E-state index contributed by atoms with van der Waals surface area (Å²) in [6.45, 7) is 2.30. The molecule has 0 aromatic heterocycles. The molecule has 1 saturated carbocycles. The Kier molecular flexibility index (Phi) is 3.74. The van der Waals surface area contributed by atoms with E-state index in [0.717, 1.165) is 12.0 Å². The third-order valence-corrected chi connectivity index (χ3v) is 3.50. The van der Waals surface area contributed by atoms with E-state index in [9.17, 15) is 9.59 Å². The van der Waals surface area contributed by atoms with Gasteiger partial charge in [-0.1, -0.05) is 25.1 Å². The summed E-state index contributed by atoms with van der Waals surface area (Å²) in [5.74, 6) is -0.0778. The maximum Gasteiger partial charge on any atom is 0.237 e. The van der Waals surface area contributed by atoms with Crippen molar-refractivity contribution in [1.82, 2.24) is 4.90 Å². The van der Waals surface area contributed by atoms with Gasteiger partial charge in [-0.05, 0) is 24.0 Å². The zero-order valence-electron chi connectivity index (χ0n) is 11.0. The Balaban J connectivity index is 2.12. The van der Waals surface area contributed by atoms with Crippen molar-refractivity contribution in [2.24, 2.45) is 17.6 Å². The summed E-state index contributed by atoms with van der Waals surface area (Å²) in [5.41, 5.74) is 12.5. The molecule has 1 aliphatic rings. The lowest BCUT2D eigenvalue weighted by Crippen LogP contribution is -2.39. The van der Waals surface area contributed by atoms with Gasteiger partial charge in [0.1, 0.15) is 0 Å². The number of primary amides is 1. The topological polar surface area (TPSA) is 89.4 Å². The zero-order chi connectivity index (χ0) is 14.0. The van der Waals surface area contributed by atoms with Crippen LogP contribution in [0.25, 0.3) is 0 Å². The van der Waals surface area contributed by atoms with Crippen LogP contribution in [0.1, 0.15) is 18.9 Å². The molecular formula is C14H19N3O2. The summed E-state index contributed by atoms with van der Waals surface area (Å²) in [4.78, 5) is 24.9. The van der Waals surface area contributed by atoms with E-state index in [4.69, 9.17) is 11.5 Å². The highest BCUT2D eigenvalue weighted by molar-refractivity contribution is 5.86. The molecule has 5 nitrogen and oxygen atoms in total. The standard InChI is InChI=1S/C14H19N3O2/c1-9-6-11(9)14(19)17(8-13(16)18)7-10-4-2-3-5-12(10)15/h2-5,9,11H,6-8,15H2,1H3,(H2,16,18). The van der Waals surface area contributed by atoms with Gasteiger partial charge in [0.15, 0.2) is 0 Å². The summed E-state index contributed by atoms with van der Waals surface area (Å²) in [6.07, 6.45) is 0.887. The predicted octanol–water partition coefficient (Wildman–Crippen LogP) is 0.739. The molecule has 0 radical (unpaired) electrons. The van der Waals surface area contributed by atoms with Crippen LogP contribution in [0.15, 0.2) is 24.3 Å². The molecule has 4 N–H and O–H groups in total. The fourth-order valence-corrected chi connectivity index (χ4v) is 2.18. The fraction of sp³-hybridized carbons (Fsp3) is 0.429. The molecule has 1 aliphatic carbocycles. The number of carbonyl (C=O) groups is 2. The maximum absolute atomic E-state index is 12.2. The minimum Gasteiger partial charge on any atom is -0.398 e. The molecule has 1 fully saturated rings.